The van der Waals surface area contributed by atoms with Crippen molar-refractivity contribution in [2.45, 2.75) is 38.8 Å². The minimum absolute atomic E-state index is 0.176. The van der Waals surface area contributed by atoms with Crippen LogP contribution in [0.25, 0.3) is 0 Å². The van der Waals surface area contributed by atoms with Gasteiger partial charge < -0.3 is 15.3 Å². The van der Waals surface area contributed by atoms with Crippen molar-refractivity contribution in [3.05, 3.63) is 57.8 Å². The van der Waals surface area contributed by atoms with Crippen molar-refractivity contribution < 1.29 is 9.90 Å². The molecule has 0 aliphatic heterocycles. The number of nitrogens with zero attached hydrogens (tertiary/aromatic N) is 1. The van der Waals surface area contributed by atoms with Crippen LogP contribution in [0.5, 0.6) is 0 Å². The monoisotopic (exact) mass is 346 g/mol. The summed E-state index contributed by atoms with van der Waals surface area (Å²) in [6.07, 6.45) is 1.64. The Kier molecular flexibility index (Phi) is 6.82. The molecule has 1 aromatic carbocycles. The van der Waals surface area contributed by atoms with E-state index in [0.717, 1.165) is 23.3 Å². The second kappa shape index (κ2) is 8.85. The van der Waals surface area contributed by atoms with Gasteiger partial charge in [-0.2, -0.15) is 0 Å². The third-order valence-electron chi connectivity index (χ3n) is 3.83. The molecule has 5 heteroatoms. The zero-order chi connectivity index (χ0) is 17.5. The van der Waals surface area contributed by atoms with Gasteiger partial charge in [0.25, 0.3) is 0 Å². The van der Waals surface area contributed by atoms with Gasteiger partial charge in [-0.15, -0.1) is 11.3 Å². The summed E-state index contributed by atoms with van der Waals surface area (Å²) >= 11 is 1.63. The van der Waals surface area contributed by atoms with Crippen LogP contribution >= 0.6 is 11.3 Å². The molecular formula is C19H26N2O2S. The quantitative estimate of drug-likeness (QED) is 0.801. The van der Waals surface area contributed by atoms with E-state index in [4.69, 9.17) is 0 Å². The topological polar surface area (TPSA) is 52.6 Å². The lowest BCUT2D eigenvalue weighted by atomic mass is 10.0. The number of benzene rings is 1. The molecular weight excluding hydrogens is 320 g/mol. The van der Waals surface area contributed by atoms with Crippen molar-refractivity contribution in [3.63, 3.8) is 0 Å². The van der Waals surface area contributed by atoms with Gasteiger partial charge in [0.15, 0.2) is 0 Å². The Morgan fingerprint density at radius 1 is 1.29 bits per heavy atom. The number of aliphatic hydroxyl groups excluding tert-OH is 1. The van der Waals surface area contributed by atoms with Crippen LogP contribution in [0.3, 0.4) is 0 Å². The Morgan fingerprint density at radius 3 is 2.54 bits per heavy atom. The van der Waals surface area contributed by atoms with Crippen LogP contribution in [0.1, 0.15) is 42.3 Å². The van der Waals surface area contributed by atoms with Crippen LogP contribution in [-0.2, 0) is 6.42 Å². The number of thiophene rings is 1. The molecule has 4 nitrogen and oxygen atoms in total. The molecule has 2 amide bonds. The number of carbonyl (C=O) groups excluding carboxylic acids is 1. The fourth-order valence-corrected chi connectivity index (χ4v) is 3.46. The third-order valence-corrected chi connectivity index (χ3v) is 4.77. The molecule has 1 heterocycles. The van der Waals surface area contributed by atoms with E-state index in [1.807, 2.05) is 17.5 Å². The number of urea groups is 1. The molecule has 2 unspecified atom stereocenters. The van der Waals surface area contributed by atoms with Gasteiger partial charge in [-0.05, 0) is 35.9 Å². The van der Waals surface area contributed by atoms with E-state index in [1.165, 1.54) is 10.5 Å². The van der Waals surface area contributed by atoms with Crippen LogP contribution < -0.4 is 5.32 Å². The molecule has 130 valence electrons. The molecule has 0 saturated heterocycles. The average Bonchev–Trinajstić information content (AvgIpc) is 3.07. The normalized spacial score (nSPS) is 13.3. The summed E-state index contributed by atoms with van der Waals surface area (Å²) in [5.41, 5.74) is 2.37. The molecule has 0 bridgehead atoms. The summed E-state index contributed by atoms with van der Waals surface area (Å²) in [6.45, 7) is 4.14. The number of likely N-dealkylation sites (N-methyl/N-ethyl adjacent to an activating group) is 1. The first kappa shape index (κ1) is 18.5. The van der Waals surface area contributed by atoms with Gasteiger partial charge in [0, 0.05) is 18.5 Å². The van der Waals surface area contributed by atoms with E-state index in [1.54, 1.807) is 25.3 Å². The van der Waals surface area contributed by atoms with E-state index in [9.17, 15) is 9.90 Å². The third kappa shape index (κ3) is 5.08. The summed E-state index contributed by atoms with van der Waals surface area (Å²) in [7, 11) is 1.69. The predicted molar refractivity (Wildman–Crippen MR) is 99.4 cm³/mol. The summed E-state index contributed by atoms with van der Waals surface area (Å²) in [5.74, 6) is 0. The van der Waals surface area contributed by atoms with Crippen molar-refractivity contribution in [2.24, 2.45) is 0 Å². The minimum atomic E-state index is -0.547. The van der Waals surface area contributed by atoms with Crippen LogP contribution in [0.4, 0.5) is 4.79 Å². The predicted octanol–water partition coefficient (Wildman–Crippen LogP) is 3.81. The maximum absolute atomic E-state index is 12.4. The summed E-state index contributed by atoms with van der Waals surface area (Å²) < 4.78 is 0. The van der Waals surface area contributed by atoms with Gasteiger partial charge in [-0.3, -0.25) is 0 Å². The van der Waals surface area contributed by atoms with Crippen molar-refractivity contribution in [1.29, 1.82) is 0 Å². The van der Waals surface area contributed by atoms with Gasteiger partial charge in [-0.1, -0.05) is 43.7 Å². The van der Waals surface area contributed by atoms with Crippen LogP contribution in [-0.4, -0.2) is 35.7 Å². The van der Waals surface area contributed by atoms with Crippen molar-refractivity contribution in [2.75, 3.05) is 13.6 Å². The van der Waals surface area contributed by atoms with Crippen LogP contribution in [0, 0.1) is 0 Å². The van der Waals surface area contributed by atoms with Crippen molar-refractivity contribution in [3.8, 4) is 0 Å². The molecule has 0 spiro atoms. The van der Waals surface area contributed by atoms with Crippen LogP contribution in [0.2, 0.25) is 0 Å². The number of rotatable bonds is 7. The first-order valence-electron chi connectivity index (χ1n) is 8.33. The number of hydrogen-bond donors (Lipinski definition) is 2. The Bertz CT molecular complexity index is 623. The zero-order valence-electron chi connectivity index (χ0n) is 14.5. The molecule has 24 heavy (non-hydrogen) atoms. The number of amides is 2. The molecule has 0 saturated carbocycles. The Balaban J connectivity index is 2.18. The maximum Gasteiger partial charge on any atom is 0.318 e. The molecule has 0 aliphatic rings. The SMILES string of the molecule is CCCc1ccc(C(NC(=O)N(C)CC(C)O)c2cccs2)cc1. The Labute approximate surface area is 148 Å². The van der Waals surface area contributed by atoms with Crippen molar-refractivity contribution >= 4 is 17.4 Å². The summed E-state index contributed by atoms with van der Waals surface area (Å²) in [4.78, 5) is 15.0. The molecule has 2 atom stereocenters. The lowest BCUT2D eigenvalue weighted by molar-refractivity contribution is 0.143. The molecule has 2 rings (SSSR count). The number of aliphatic hydroxyl groups is 1. The smallest absolute Gasteiger partial charge is 0.318 e. The highest BCUT2D eigenvalue weighted by Crippen LogP contribution is 2.26. The first-order valence-corrected chi connectivity index (χ1v) is 9.21. The minimum Gasteiger partial charge on any atom is -0.392 e. The highest BCUT2D eigenvalue weighted by molar-refractivity contribution is 7.10. The van der Waals surface area contributed by atoms with Gasteiger partial charge in [-0.25, -0.2) is 4.79 Å². The van der Waals surface area contributed by atoms with E-state index >= 15 is 0 Å². The van der Waals surface area contributed by atoms with E-state index in [0.29, 0.717) is 6.54 Å². The summed E-state index contributed by atoms with van der Waals surface area (Å²) in [6, 6.07) is 12.1. The number of carbonyl (C=O) groups is 1. The number of hydrogen-bond acceptors (Lipinski definition) is 3. The molecule has 0 fully saturated rings. The van der Waals surface area contributed by atoms with Gasteiger partial charge in [0.1, 0.15) is 0 Å². The molecule has 0 radical (unpaired) electrons. The largest absolute Gasteiger partial charge is 0.392 e. The van der Waals surface area contributed by atoms with E-state index in [2.05, 4.69) is 36.5 Å². The van der Waals surface area contributed by atoms with Gasteiger partial charge in [0.05, 0.1) is 12.1 Å². The average molecular weight is 346 g/mol. The maximum atomic E-state index is 12.4. The molecule has 2 N–H and O–H groups in total. The van der Waals surface area contributed by atoms with E-state index < -0.39 is 6.10 Å². The second-order valence-corrected chi connectivity index (χ2v) is 7.10. The molecule has 0 aliphatic carbocycles. The van der Waals surface area contributed by atoms with Crippen molar-refractivity contribution in [1.82, 2.24) is 10.2 Å². The van der Waals surface area contributed by atoms with Gasteiger partial charge in [0.2, 0.25) is 0 Å². The highest BCUT2D eigenvalue weighted by atomic mass is 32.1. The molecule has 1 aromatic heterocycles. The Morgan fingerprint density at radius 2 is 2.00 bits per heavy atom. The fourth-order valence-electron chi connectivity index (χ4n) is 2.65. The lowest BCUT2D eigenvalue weighted by Crippen LogP contribution is -2.42. The summed E-state index contributed by atoms with van der Waals surface area (Å²) in [5, 5.41) is 14.6. The van der Waals surface area contributed by atoms with Crippen LogP contribution in [0.15, 0.2) is 41.8 Å². The van der Waals surface area contributed by atoms with Gasteiger partial charge >= 0.3 is 6.03 Å². The lowest BCUT2D eigenvalue weighted by Gasteiger charge is -2.24. The zero-order valence-corrected chi connectivity index (χ0v) is 15.3. The Hall–Kier alpha value is -1.85. The van der Waals surface area contributed by atoms with E-state index in [-0.39, 0.29) is 12.1 Å². The number of nitrogens with one attached hydrogen (secondary N) is 1. The first-order chi connectivity index (χ1) is 11.5. The molecule has 2 aromatic rings. The number of aryl methyl sites for hydroxylation is 1. The highest BCUT2D eigenvalue weighted by Gasteiger charge is 2.20. The fraction of sp³-hybridized carbons (Fsp3) is 0.421. The standard InChI is InChI=1S/C19H26N2O2S/c1-4-6-15-8-10-16(11-9-15)18(17-7-5-12-24-17)20-19(23)21(3)13-14(2)22/h5,7-12,14,18,22H,4,6,13H2,1-3H3,(H,20,23). The second-order valence-electron chi connectivity index (χ2n) is 6.12.